The highest BCUT2D eigenvalue weighted by atomic mass is 32.2. The van der Waals surface area contributed by atoms with Crippen LogP contribution < -0.4 is 10.5 Å². The molecule has 0 unspecified atom stereocenters. The van der Waals surface area contributed by atoms with E-state index < -0.39 is 9.84 Å². The number of ether oxygens (including phenoxy) is 1. The zero-order valence-electron chi connectivity index (χ0n) is 18.0. The number of hydrogen-bond donors (Lipinski definition) is 1. The first-order chi connectivity index (χ1) is 14.9. The monoisotopic (exact) mass is 445 g/mol. The van der Waals surface area contributed by atoms with Crippen molar-refractivity contribution in [3.05, 3.63) is 59.7 Å². The zero-order chi connectivity index (χ0) is 22.1. The van der Waals surface area contributed by atoms with Crippen molar-refractivity contribution in [3.8, 4) is 5.75 Å². The molecule has 1 saturated heterocycles. The first kappa shape index (κ1) is 23.1. The van der Waals surface area contributed by atoms with Gasteiger partial charge in [-0.2, -0.15) is 0 Å². The Bertz CT molecular complexity index is 969. The maximum atomic E-state index is 11.5. The van der Waals surface area contributed by atoms with Crippen molar-refractivity contribution in [1.82, 2.24) is 4.90 Å². The first-order valence-corrected chi connectivity index (χ1v) is 12.5. The Morgan fingerprint density at radius 3 is 2.52 bits per heavy atom. The number of hydrogen-bond acceptors (Lipinski definition) is 6. The van der Waals surface area contributed by atoms with Crippen LogP contribution in [0.5, 0.6) is 5.75 Å². The van der Waals surface area contributed by atoms with Gasteiger partial charge in [0.1, 0.15) is 12.4 Å². The van der Waals surface area contributed by atoms with Crippen LogP contribution in [0.15, 0.2) is 58.6 Å². The Morgan fingerprint density at radius 1 is 1.06 bits per heavy atom. The molecule has 7 nitrogen and oxygen atoms in total. The van der Waals surface area contributed by atoms with Gasteiger partial charge in [0.2, 0.25) is 0 Å². The molecule has 2 aromatic carbocycles. The highest BCUT2D eigenvalue weighted by Gasteiger charge is 2.11. The second kappa shape index (κ2) is 11.2. The van der Waals surface area contributed by atoms with Crippen molar-refractivity contribution < 1.29 is 18.0 Å². The summed E-state index contributed by atoms with van der Waals surface area (Å²) in [5.41, 5.74) is 8.17. The van der Waals surface area contributed by atoms with Gasteiger partial charge in [-0.25, -0.2) is 8.42 Å². The van der Waals surface area contributed by atoms with E-state index in [0.717, 1.165) is 25.2 Å². The number of amidine groups is 1. The lowest BCUT2D eigenvalue weighted by Gasteiger charge is -2.26. The van der Waals surface area contributed by atoms with Gasteiger partial charge in [0, 0.05) is 24.8 Å². The molecule has 8 heteroatoms. The van der Waals surface area contributed by atoms with Gasteiger partial charge in [-0.3, -0.25) is 4.90 Å². The summed E-state index contributed by atoms with van der Waals surface area (Å²) in [6.07, 6.45) is 5.67. The van der Waals surface area contributed by atoms with Crippen LogP contribution in [0.2, 0.25) is 0 Å². The molecule has 0 spiro atoms. The van der Waals surface area contributed by atoms with Gasteiger partial charge >= 0.3 is 0 Å². The number of rotatable bonds is 10. The smallest absolute Gasteiger partial charge is 0.175 e. The van der Waals surface area contributed by atoms with Crippen LogP contribution in [0.25, 0.3) is 0 Å². The average molecular weight is 446 g/mol. The summed E-state index contributed by atoms with van der Waals surface area (Å²) >= 11 is 0. The van der Waals surface area contributed by atoms with Crippen molar-refractivity contribution in [2.45, 2.75) is 37.1 Å². The van der Waals surface area contributed by atoms with Crippen molar-refractivity contribution in [1.29, 1.82) is 0 Å². The van der Waals surface area contributed by atoms with Gasteiger partial charge in [0.15, 0.2) is 15.7 Å². The molecule has 0 saturated carbocycles. The molecule has 1 heterocycles. The van der Waals surface area contributed by atoms with Crippen molar-refractivity contribution in [2.75, 3.05) is 32.6 Å². The molecule has 2 N–H and O–H groups in total. The van der Waals surface area contributed by atoms with Crippen molar-refractivity contribution in [2.24, 2.45) is 10.9 Å². The van der Waals surface area contributed by atoms with Gasteiger partial charge in [-0.1, -0.05) is 29.8 Å². The summed E-state index contributed by atoms with van der Waals surface area (Å²) in [7, 11) is -3.20. The number of nitrogens with two attached hydrogens (primary N) is 1. The molecular weight excluding hydrogens is 414 g/mol. The maximum Gasteiger partial charge on any atom is 0.175 e. The fourth-order valence-electron chi connectivity index (χ4n) is 3.47. The van der Waals surface area contributed by atoms with Crippen LogP contribution in [0.4, 0.5) is 0 Å². The lowest BCUT2D eigenvalue weighted by molar-refractivity contribution is 0.127. The van der Waals surface area contributed by atoms with Gasteiger partial charge < -0.3 is 15.3 Å². The molecule has 0 amide bonds. The van der Waals surface area contributed by atoms with Gasteiger partial charge in [-0.15, -0.1) is 0 Å². The highest BCUT2D eigenvalue weighted by Crippen LogP contribution is 2.16. The van der Waals surface area contributed by atoms with Gasteiger partial charge in [-0.05, 0) is 61.8 Å². The molecule has 1 fully saturated rings. The molecule has 2 aromatic rings. The molecule has 0 aliphatic carbocycles. The molecule has 0 bridgehead atoms. The molecule has 1 aliphatic rings. The third-order valence-corrected chi connectivity index (χ3v) is 6.27. The maximum absolute atomic E-state index is 11.5. The number of benzene rings is 2. The van der Waals surface area contributed by atoms with Crippen LogP contribution in [0.3, 0.4) is 0 Å². The highest BCUT2D eigenvalue weighted by molar-refractivity contribution is 7.90. The van der Waals surface area contributed by atoms with Crippen LogP contribution in [-0.2, 0) is 21.2 Å². The number of oxime groups is 1. The topological polar surface area (TPSA) is 94.2 Å². The van der Waals surface area contributed by atoms with Crippen LogP contribution >= 0.6 is 0 Å². The second-order valence-electron chi connectivity index (χ2n) is 7.79. The Labute approximate surface area is 184 Å². The van der Waals surface area contributed by atoms with E-state index in [9.17, 15) is 8.42 Å². The molecule has 0 aromatic heterocycles. The minimum Gasteiger partial charge on any atom is -0.493 e. The lowest BCUT2D eigenvalue weighted by atomic mass is 10.1. The summed E-state index contributed by atoms with van der Waals surface area (Å²) in [6.45, 7) is 4.04. The van der Waals surface area contributed by atoms with E-state index in [-0.39, 0.29) is 4.90 Å². The third-order valence-electron chi connectivity index (χ3n) is 5.14. The predicted molar refractivity (Wildman–Crippen MR) is 122 cm³/mol. The number of likely N-dealkylation sites (tertiary alicyclic amines) is 1. The number of nitrogens with zero attached hydrogens (tertiary/aromatic N) is 2. The third kappa shape index (κ3) is 7.56. The Balaban J connectivity index is 1.40. The van der Waals surface area contributed by atoms with Gasteiger partial charge in [0.25, 0.3) is 0 Å². The first-order valence-electron chi connectivity index (χ1n) is 10.6. The Hall–Kier alpha value is -2.58. The molecule has 31 heavy (non-hydrogen) atoms. The normalized spacial score (nSPS) is 15.6. The van der Waals surface area contributed by atoms with E-state index in [1.807, 2.05) is 12.1 Å². The zero-order valence-corrected chi connectivity index (χ0v) is 18.8. The molecule has 0 radical (unpaired) electrons. The van der Waals surface area contributed by atoms with E-state index in [1.54, 1.807) is 12.1 Å². The molecule has 168 valence electrons. The SMILES string of the molecule is CS(=O)(=O)c1ccc(OCCCO/N=C(/N)c2cccc(CN3CCCCC3)c2)cc1. The van der Waals surface area contributed by atoms with Crippen molar-refractivity contribution in [3.63, 3.8) is 0 Å². The van der Waals surface area contributed by atoms with E-state index in [2.05, 4.69) is 22.2 Å². The lowest BCUT2D eigenvalue weighted by Crippen LogP contribution is -2.29. The summed E-state index contributed by atoms with van der Waals surface area (Å²) in [6, 6.07) is 14.5. The van der Waals surface area contributed by atoms with E-state index in [1.165, 1.54) is 43.2 Å². The van der Waals surface area contributed by atoms with E-state index in [4.69, 9.17) is 15.3 Å². The average Bonchev–Trinajstić information content (AvgIpc) is 2.76. The fraction of sp³-hybridized carbons (Fsp3) is 0.435. The standard InChI is InChI=1S/C23H31N3O4S/c1-31(27,28)22-11-9-21(10-12-22)29-15-6-16-30-25-23(24)20-8-5-7-19(17-20)18-26-13-3-2-4-14-26/h5,7-12,17H,2-4,6,13-16,18H2,1H3,(H2,24,25). The molecule has 3 rings (SSSR count). The second-order valence-corrected chi connectivity index (χ2v) is 9.81. The van der Waals surface area contributed by atoms with Crippen molar-refractivity contribution >= 4 is 15.7 Å². The minimum atomic E-state index is -3.20. The minimum absolute atomic E-state index is 0.271. The van der Waals surface area contributed by atoms with E-state index >= 15 is 0 Å². The summed E-state index contributed by atoms with van der Waals surface area (Å²) in [5.74, 6) is 0.971. The van der Waals surface area contributed by atoms with E-state index in [0.29, 0.717) is 31.2 Å². The van der Waals surface area contributed by atoms with Crippen LogP contribution in [0, 0.1) is 0 Å². The van der Waals surface area contributed by atoms with Crippen LogP contribution in [-0.4, -0.2) is 51.7 Å². The van der Waals surface area contributed by atoms with Crippen LogP contribution in [0.1, 0.15) is 36.8 Å². The summed E-state index contributed by atoms with van der Waals surface area (Å²) < 4.78 is 28.5. The Morgan fingerprint density at radius 2 is 1.81 bits per heavy atom. The molecular formula is C23H31N3O4S. The summed E-state index contributed by atoms with van der Waals surface area (Å²) in [4.78, 5) is 8.08. The molecule has 0 atom stereocenters. The van der Waals surface area contributed by atoms with Gasteiger partial charge in [0.05, 0.1) is 11.5 Å². The number of piperidine rings is 1. The number of sulfone groups is 1. The fourth-order valence-corrected chi connectivity index (χ4v) is 4.10. The largest absolute Gasteiger partial charge is 0.493 e. The predicted octanol–water partition coefficient (Wildman–Crippen LogP) is 3.18. The quantitative estimate of drug-likeness (QED) is 0.261. The summed E-state index contributed by atoms with van der Waals surface area (Å²) in [5, 5.41) is 4.02. The molecule has 1 aliphatic heterocycles. The Kier molecular flexibility index (Phi) is 8.31.